The fourth-order valence-electron chi connectivity index (χ4n) is 2.98. The van der Waals surface area contributed by atoms with E-state index in [2.05, 4.69) is 4.99 Å². The van der Waals surface area contributed by atoms with E-state index in [9.17, 15) is 4.79 Å². The summed E-state index contributed by atoms with van der Waals surface area (Å²) in [6, 6.07) is 21.4. The summed E-state index contributed by atoms with van der Waals surface area (Å²) in [7, 11) is 3.19. The molecule has 3 aromatic carbocycles. The van der Waals surface area contributed by atoms with Crippen LogP contribution in [0.25, 0.3) is 11.0 Å². The third-order valence-corrected chi connectivity index (χ3v) is 4.45. The summed E-state index contributed by atoms with van der Waals surface area (Å²) in [4.78, 5) is 16.2. The molecule has 6 nitrogen and oxygen atoms in total. The predicted molar refractivity (Wildman–Crippen MR) is 116 cm³/mol. The Bertz CT molecular complexity index is 1260. The molecule has 150 valence electrons. The van der Waals surface area contributed by atoms with E-state index in [4.69, 9.17) is 18.6 Å². The summed E-state index contributed by atoms with van der Waals surface area (Å²) in [6.07, 6.45) is 1.74. The van der Waals surface area contributed by atoms with Crippen LogP contribution in [0.3, 0.4) is 0 Å². The molecule has 0 amide bonds. The van der Waals surface area contributed by atoms with Crippen molar-refractivity contribution in [3.8, 4) is 23.0 Å². The summed E-state index contributed by atoms with van der Waals surface area (Å²) in [6.45, 7) is 0. The fourth-order valence-corrected chi connectivity index (χ4v) is 2.98. The topological polar surface area (TPSA) is 70.3 Å². The molecule has 0 unspecified atom stereocenters. The molecule has 0 spiro atoms. The van der Waals surface area contributed by atoms with Crippen molar-refractivity contribution in [2.24, 2.45) is 4.99 Å². The first kappa shape index (κ1) is 19.3. The minimum atomic E-state index is -0.458. The van der Waals surface area contributed by atoms with Gasteiger partial charge in [0.15, 0.2) is 11.5 Å². The van der Waals surface area contributed by atoms with E-state index in [0.717, 1.165) is 16.6 Å². The molecule has 0 bridgehead atoms. The summed E-state index contributed by atoms with van der Waals surface area (Å²) in [5.41, 5.74) is 1.67. The minimum absolute atomic E-state index is 0.448. The van der Waals surface area contributed by atoms with Crippen molar-refractivity contribution in [3.05, 3.63) is 88.8 Å². The number of hydrogen-bond acceptors (Lipinski definition) is 6. The smallest absolute Gasteiger partial charge is 0.339 e. The van der Waals surface area contributed by atoms with Crippen molar-refractivity contribution in [1.29, 1.82) is 0 Å². The van der Waals surface area contributed by atoms with Gasteiger partial charge in [-0.05, 0) is 60.2 Å². The van der Waals surface area contributed by atoms with Crippen LogP contribution < -0.4 is 19.8 Å². The standard InChI is InChI=1S/C24H19NO5/c1-27-21-12-7-16(13-23(21)28-2)15-25-17-8-10-18(11-9-17)29-22-14-24(26)30-20-6-4-3-5-19(20)22/h3-15H,1-2H3. The van der Waals surface area contributed by atoms with Crippen molar-refractivity contribution in [2.75, 3.05) is 14.2 Å². The van der Waals surface area contributed by atoms with Crippen LogP contribution in [0.5, 0.6) is 23.0 Å². The second kappa shape index (κ2) is 8.53. The molecule has 0 aliphatic heterocycles. The van der Waals surface area contributed by atoms with Gasteiger partial charge in [-0.2, -0.15) is 0 Å². The summed E-state index contributed by atoms with van der Waals surface area (Å²) in [5.74, 6) is 2.35. The minimum Gasteiger partial charge on any atom is -0.493 e. The Labute approximate surface area is 173 Å². The maximum Gasteiger partial charge on any atom is 0.339 e. The van der Waals surface area contributed by atoms with Crippen LogP contribution in [0.4, 0.5) is 5.69 Å². The van der Waals surface area contributed by atoms with Crippen LogP contribution in [0.2, 0.25) is 0 Å². The molecule has 0 saturated heterocycles. The molecule has 1 aromatic heterocycles. The maximum atomic E-state index is 11.8. The number of hydrogen-bond donors (Lipinski definition) is 0. The molecule has 0 aliphatic carbocycles. The Kier molecular flexibility index (Phi) is 5.48. The van der Waals surface area contributed by atoms with Crippen LogP contribution in [0.1, 0.15) is 5.56 Å². The molecular formula is C24H19NO5. The largest absolute Gasteiger partial charge is 0.493 e. The van der Waals surface area contributed by atoms with Gasteiger partial charge in [-0.15, -0.1) is 0 Å². The first-order chi connectivity index (χ1) is 14.7. The van der Waals surface area contributed by atoms with Gasteiger partial charge in [-0.25, -0.2) is 4.79 Å². The zero-order chi connectivity index (χ0) is 20.9. The Morgan fingerprint density at radius 2 is 1.60 bits per heavy atom. The van der Waals surface area contributed by atoms with E-state index < -0.39 is 5.63 Å². The monoisotopic (exact) mass is 401 g/mol. The van der Waals surface area contributed by atoms with Crippen molar-refractivity contribution >= 4 is 22.9 Å². The van der Waals surface area contributed by atoms with Crippen LogP contribution in [0, 0.1) is 0 Å². The summed E-state index contributed by atoms with van der Waals surface area (Å²) in [5, 5.41) is 0.729. The number of fused-ring (bicyclic) bond motifs is 1. The second-order valence-electron chi connectivity index (χ2n) is 6.39. The molecular weight excluding hydrogens is 382 g/mol. The highest BCUT2D eigenvalue weighted by molar-refractivity contribution is 5.84. The van der Waals surface area contributed by atoms with Gasteiger partial charge in [-0.1, -0.05) is 12.1 Å². The first-order valence-corrected chi connectivity index (χ1v) is 9.23. The lowest BCUT2D eigenvalue weighted by molar-refractivity contribution is 0.355. The summed E-state index contributed by atoms with van der Waals surface area (Å²) < 4.78 is 21.6. The van der Waals surface area contributed by atoms with Gasteiger partial charge >= 0.3 is 5.63 Å². The number of benzene rings is 3. The van der Waals surface area contributed by atoms with Crippen LogP contribution in [0.15, 0.2) is 87.0 Å². The molecule has 0 saturated carbocycles. The zero-order valence-corrected chi connectivity index (χ0v) is 16.5. The molecule has 0 N–H and O–H groups in total. The molecule has 6 heteroatoms. The average molecular weight is 401 g/mol. The molecule has 30 heavy (non-hydrogen) atoms. The number of ether oxygens (including phenoxy) is 3. The Balaban J connectivity index is 1.53. The Morgan fingerprint density at radius 1 is 0.833 bits per heavy atom. The number of methoxy groups -OCH3 is 2. The Morgan fingerprint density at radius 3 is 2.37 bits per heavy atom. The van der Waals surface area contributed by atoms with E-state index in [-0.39, 0.29) is 0 Å². The van der Waals surface area contributed by atoms with E-state index in [1.807, 2.05) is 42.5 Å². The third-order valence-electron chi connectivity index (χ3n) is 4.45. The van der Waals surface area contributed by atoms with Crippen LogP contribution >= 0.6 is 0 Å². The number of nitrogens with zero attached hydrogens (tertiary/aromatic N) is 1. The third kappa shape index (κ3) is 4.17. The van der Waals surface area contributed by atoms with Gasteiger partial charge in [0.05, 0.1) is 31.4 Å². The number of rotatable bonds is 6. The normalized spacial score (nSPS) is 11.0. The average Bonchev–Trinajstić information content (AvgIpc) is 2.78. The van der Waals surface area contributed by atoms with E-state index in [1.54, 1.807) is 44.7 Å². The molecule has 0 fully saturated rings. The van der Waals surface area contributed by atoms with Gasteiger partial charge in [0, 0.05) is 6.21 Å². The van der Waals surface area contributed by atoms with Crippen molar-refractivity contribution < 1.29 is 18.6 Å². The van der Waals surface area contributed by atoms with Gasteiger partial charge < -0.3 is 18.6 Å². The van der Waals surface area contributed by atoms with Crippen molar-refractivity contribution in [2.45, 2.75) is 0 Å². The highest BCUT2D eigenvalue weighted by Crippen LogP contribution is 2.30. The first-order valence-electron chi connectivity index (χ1n) is 9.23. The SMILES string of the molecule is COc1ccc(C=Nc2ccc(Oc3cc(=O)oc4ccccc34)cc2)cc1OC. The predicted octanol–water partition coefficient (Wildman–Crippen LogP) is 5.35. The number of para-hydroxylation sites is 1. The fraction of sp³-hybridized carbons (Fsp3) is 0.0833. The lowest BCUT2D eigenvalue weighted by Gasteiger charge is -2.08. The van der Waals surface area contributed by atoms with E-state index >= 15 is 0 Å². The van der Waals surface area contributed by atoms with Crippen molar-refractivity contribution in [1.82, 2.24) is 0 Å². The van der Waals surface area contributed by atoms with E-state index in [0.29, 0.717) is 28.6 Å². The van der Waals surface area contributed by atoms with Crippen molar-refractivity contribution in [3.63, 3.8) is 0 Å². The van der Waals surface area contributed by atoms with Gasteiger partial charge in [0.25, 0.3) is 0 Å². The second-order valence-corrected chi connectivity index (χ2v) is 6.39. The molecule has 4 aromatic rings. The lowest BCUT2D eigenvalue weighted by Crippen LogP contribution is -1.98. The molecule has 4 rings (SSSR count). The molecule has 0 aliphatic rings. The zero-order valence-electron chi connectivity index (χ0n) is 16.5. The highest BCUT2D eigenvalue weighted by Gasteiger charge is 2.07. The van der Waals surface area contributed by atoms with Crippen LogP contribution in [-0.4, -0.2) is 20.4 Å². The van der Waals surface area contributed by atoms with Gasteiger partial charge in [0.1, 0.15) is 17.1 Å². The van der Waals surface area contributed by atoms with Gasteiger partial charge in [0.2, 0.25) is 0 Å². The Hall–Kier alpha value is -4.06. The summed E-state index contributed by atoms with van der Waals surface area (Å²) >= 11 is 0. The molecule has 0 radical (unpaired) electrons. The molecule has 1 heterocycles. The lowest BCUT2D eigenvalue weighted by atomic mass is 10.2. The highest BCUT2D eigenvalue weighted by atomic mass is 16.5. The van der Waals surface area contributed by atoms with E-state index in [1.165, 1.54) is 6.07 Å². The van der Waals surface area contributed by atoms with Crippen LogP contribution in [-0.2, 0) is 0 Å². The quantitative estimate of drug-likeness (QED) is 0.322. The molecule has 0 atom stereocenters. The maximum absolute atomic E-state index is 11.8. The number of aliphatic imine (C=N–C) groups is 1. The van der Waals surface area contributed by atoms with Gasteiger partial charge in [-0.3, -0.25) is 4.99 Å².